The van der Waals surface area contributed by atoms with Crippen molar-refractivity contribution in [3.63, 3.8) is 0 Å². The third-order valence-electron chi connectivity index (χ3n) is 2.51. The molecule has 2 rings (SSSR count). The van der Waals surface area contributed by atoms with Crippen LogP contribution >= 0.6 is 0 Å². The molecule has 7 nitrogen and oxygen atoms in total. The second-order valence-corrected chi connectivity index (χ2v) is 3.99. The molecule has 10 heteroatoms. The number of halogens is 3. The van der Waals surface area contributed by atoms with E-state index in [9.17, 15) is 18.0 Å². The van der Waals surface area contributed by atoms with Gasteiger partial charge in [0.2, 0.25) is 6.30 Å². The van der Waals surface area contributed by atoms with E-state index < -0.39 is 24.5 Å². The van der Waals surface area contributed by atoms with E-state index in [0.717, 1.165) is 0 Å². The first-order valence-corrected chi connectivity index (χ1v) is 5.58. The van der Waals surface area contributed by atoms with Crippen LogP contribution in [0.4, 0.5) is 13.2 Å². The minimum Gasteiger partial charge on any atom is -0.323 e. The summed E-state index contributed by atoms with van der Waals surface area (Å²) in [6, 6.07) is -0.563. The predicted octanol–water partition coefficient (Wildman–Crippen LogP) is 0.577. The highest BCUT2D eigenvalue weighted by atomic mass is 19.3. The second-order valence-electron chi connectivity index (χ2n) is 3.99. The average Bonchev–Trinajstić information content (AvgIpc) is 2.79. The Bertz CT molecular complexity index is 652. The van der Waals surface area contributed by atoms with Crippen LogP contribution in [0, 0.1) is 0 Å². The molecule has 0 saturated heterocycles. The van der Waals surface area contributed by atoms with Crippen molar-refractivity contribution in [3.8, 4) is 5.82 Å². The highest BCUT2D eigenvalue weighted by molar-refractivity contribution is 5.28. The Kier molecular flexibility index (Phi) is 3.84. The lowest BCUT2D eigenvalue weighted by atomic mass is 10.2. The lowest BCUT2D eigenvalue weighted by Gasteiger charge is -2.09. The maximum absolute atomic E-state index is 13.2. The van der Waals surface area contributed by atoms with Gasteiger partial charge >= 0.3 is 5.69 Å². The Morgan fingerprint density at radius 3 is 2.50 bits per heavy atom. The van der Waals surface area contributed by atoms with Gasteiger partial charge in [-0.15, -0.1) is 0 Å². The Hall–Kier alpha value is -2.23. The molecule has 2 aromatic heterocycles. The summed E-state index contributed by atoms with van der Waals surface area (Å²) in [5, 5.41) is 3.57. The summed E-state index contributed by atoms with van der Waals surface area (Å²) in [6.07, 6.45) is -2.78. The van der Waals surface area contributed by atoms with Crippen LogP contribution in [-0.4, -0.2) is 30.7 Å². The Labute approximate surface area is 110 Å². The van der Waals surface area contributed by atoms with Crippen LogP contribution in [0.1, 0.15) is 25.0 Å². The molecule has 0 saturated carbocycles. The Morgan fingerprint density at radius 1 is 1.25 bits per heavy atom. The third-order valence-corrected chi connectivity index (χ3v) is 2.51. The van der Waals surface area contributed by atoms with Gasteiger partial charge in [-0.05, 0) is 6.92 Å². The second kappa shape index (κ2) is 5.41. The first kappa shape index (κ1) is 14.2. The van der Waals surface area contributed by atoms with E-state index in [-0.39, 0.29) is 16.1 Å². The highest BCUT2D eigenvalue weighted by Crippen LogP contribution is 2.16. The zero-order valence-corrected chi connectivity index (χ0v) is 10.3. The van der Waals surface area contributed by atoms with Gasteiger partial charge in [0.15, 0.2) is 5.82 Å². The van der Waals surface area contributed by atoms with Gasteiger partial charge in [0.1, 0.15) is 12.0 Å². The molecule has 2 atom stereocenters. The van der Waals surface area contributed by atoms with Crippen molar-refractivity contribution in [1.82, 2.24) is 24.3 Å². The molecule has 2 unspecified atom stereocenters. The Morgan fingerprint density at radius 2 is 1.90 bits per heavy atom. The number of rotatable bonds is 4. The lowest BCUT2D eigenvalue weighted by Crippen LogP contribution is -2.29. The SMILES string of the molecule is CC(N)c1nccnc1-n1ncn(C(F)C(F)F)c1=O. The molecule has 2 N–H and O–H groups in total. The lowest BCUT2D eigenvalue weighted by molar-refractivity contribution is 0.00581. The van der Waals surface area contributed by atoms with Crippen molar-refractivity contribution in [2.45, 2.75) is 25.7 Å². The summed E-state index contributed by atoms with van der Waals surface area (Å²) in [4.78, 5) is 19.7. The highest BCUT2D eigenvalue weighted by Gasteiger charge is 2.25. The van der Waals surface area contributed by atoms with Crippen molar-refractivity contribution in [2.24, 2.45) is 5.73 Å². The van der Waals surface area contributed by atoms with E-state index >= 15 is 0 Å². The molecule has 0 fully saturated rings. The van der Waals surface area contributed by atoms with Gasteiger partial charge in [0, 0.05) is 18.4 Å². The molecule has 0 aliphatic rings. The largest absolute Gasteiger partial charge is 0.354 e. The maximum Gasteiger partial charge on any atom is 0.354 e. The number of hydrogen-bond donors (Lipinski definition) is 1. The molecule has 0 aliphatic carbocycles. The van der Waals surface area contributed by atoms with Gasteiger partial charge in [0.25, 0.3) is 6.43 Å². The van der Waals surface area contributed by atoms with Gasteiger partial charge in [-0.3, -0.25) is 4.98 Å². The third kappa shape index (κ3) is 2.41. The molecule has 0 amide bonds. The van der Waals surface area contributed by atoms with E-state index in [2.05, 4.69) is 15.1 Å². The van der Waals surface area contributed by atoms with E-state index in [1.807, 2.05) is 0 Å². The molecule has 20 heavy (non-hydrogen) atoms. The van der Waals surface area contributed by atoms with Crippen LogP contribution in [0.25, 0.3) is 5.82 Å². The van der Waals surface area contributed by atoms with Crippen LogP contribution in [0.5, 0.6) is 0 Å². The molecular weight excluding hydrogens is 277 g/mol. The fraction of sp³-hybridized carbons (Fsp3) is 0.400. The van der Waals surface area contributed by atoms with E-state index in [1.54, 1.807) is 6.92 Å². The summed E-state index contributed by atoms with van der Waals surface area (Å²) < 4.78 is 38.7. The van der Waals surface area contributed by atoms with Gasteiger partial charge < -0.3 is 5.73 Å². The normalized spacial score (nSPS) is 14.5. The molecule has 0 radical (unpaired) electrons. The van der Waals surface area contributed by atoms with Gasteiger partial charge in [-0.25, -0.2) is 27.5 Å². The molecule has 0 bridgehead atoms. The molecular formula is C10H11F3N6O. The van der Waals surface area contributed by atoms with Gasteiger partial charge in [-0.1, -0.05) is 0 Å². The summed E-state index contributed by atoms with van der Waals surface area (Å²) in [7, 11) is 0. The van der Waals surface area contributed by atoms with E-state index in [4.69, 9.17) is 5.73 Å². The number of alkyl halides is 3. The molecule has 108 valence electrons. The number of hydrogen-bond acceptors (Lipinski definition) is 5. The summed E-state index contributed by atoms with van der Waals surface area (Å²) in [6.45, 7) is 1.60. The minimum absolute atomic E-state index is 0.0206. The van der Waals surface area contributed by atoms with Crippen molar-refractivity contribution in [1.29, 1.82) is 0 Å². The van der Waals surface area contributed by atoms with Crippen LogP contribution in [0.15, 0.2) is 23.5 Å². The summed E-state index contributed by atoms with van der Waals surface area (Å²) in [5.41, 5.74) is 4.83. The zero-order chi connectivity index (χ0) is 14.9. The quantitative estimate of drug-likeness (QED) is 0.888. The van der Waals surface area contributed by atoms with Crippen LogP contribution < -0.4 is 11.4 Å². The fourth-order valence-corrected chi connectivity index (χ4v) is 1.58. The number of nitrogens with two attached hydrogens (primary N) is 1. The maximum atomic E-state index is 13.2. The summed E-state index contributed by atoms with van der Waals surface area (Å²) >= 11 is 0. The van der Waals surface area contributed by atoms with Crippen molar-refractivity contribution >= 4 is 0 Å². The molecule has 2 heterocycles. The number of nitrogens with zero attached hydrogens (tertiary/aromatic N) is 5. The van der Waals surface area contributed by atoms with Crippen LogP contribution in [0.3, 0.4) is 0 Å². The first-order valence-electron chi connectivity index (χ1n) is 5.58. The molecule has 0 aromatic carbocycles. The zero-order valence-electron chi connectivity index (χ0n) is 10.3. The van der Waals surface area contributed by atoms with Crippen LogP contribution in [-0.2, 0) is 0 Å². The predicted molar refractivity (Wildman–Crippen MR) is 62.2 cm³/mol. The standard InChI is InChI=1S/C10H11F3N6O/c1-5(14)6-9(16-3-2-15-6)19-10(20)18(4-17-19)8(13)7(11)12/h2-5,7-8H,14H2,1H3. The summed E-state index contributed by atoms with van der Waals surface area (Å²) in [5.74, 6) is -0.0206. The topological polar surface area (TPSA) is 91.6 Å². The molecule has 0 spiro atoms. The Balaban J connectivity index is 2.54. The van der Waals surface area contributed by atoms with Gasteiger partial charge in [-0.2, -0.15) is 9.78 Å². The first-order chi connectivity index (χ1) is 9.43. The minimum atomic E-state index is -3.33. The van der Waals surface area contributed by atoms with Crippen molar-refractivity contribution < 1.29 is 13.2 Å². The smallest absolute Gasteiger partial charge is 0.323 e. The molecule has 0 aliphatic heterocycles. The van der Waals surface area contributed by atoms with Gasteiger partial charge in [0.05, 0.1) is 0 Å². The monoisotopic (exact) mass is 288 g/mol. The van der Waals surface area contributed by atoms with Crippen molar-refractivity contribution in [3.05, 3.63) is 34.9 Å². The van der Waals surface area contributed by atoms with Crippen molar-refractivity contribution in [2.75, 3.05) is 0 Å². The van der Waals surface area contributed by atoms with E-state index in [1.165, 1.54) is 12.4 Å². The average molecular weight is 288 g/mol. The van der Waals surface area contributed by atoms with E-state index in [0.29, 0.717) is 11.0 Å². The molecule has 2 aromatic rings. The van der Waals surface area contributed by atoms with Crippen LogP contribution in [0.2, 0.25) is 0 Å². The number of aromatic nitrogens is 5. The fourth-order valence-electron chi connectivity index (χ4n) is 1.58.